The van der Waals surface area contributed by atoms with Crippen molar-refractivity contribution in [1.29, 1.82) is 0 Å². The molecule has 2 aromatic heterocycles. The molecule has 3 nitrogen and oxygen atoms in total. The molecule has 0 N–H and O–H groups in total. The van der Waals surface area contributed by atoms with Crippen molar-refractivity contribution < 1.29 is 4.39 Å². The van der Waals surface area contributed by atoms with E-state index in [1.165, 1.54) is 23.4 Å². The molecule has 2 heterocycles. The number of rotatable bonds is 6. The Labute approximate surface area is 170 Å². The monoisotopic (exact) mass is 385 g/mol. The van der Waals surface area contributed by atoms with Gasteiger partial charge in [-0.1, -0.05) is 37.3 Å². The Kier molecular flexibility index (Phi) is 5.52. The van der Waals surface area contributed by atoms with Crippen molar-refractivity contribution in [1.82, 2.24) is 14.8 Å². The van der Waals surface area contributed by atoms with Crippen LogP contribution in [0.3, 0.4) is 0 Å². The van der Waals surface area contributed by atoms with Crippen LogP contribution in [0.15, 0.2) is 79.1 Å². The van der Waals surface area contributed by atoms with Crippen molar-refractivity contribution in [2.24, 2.45) is 13.0 Å². The smallest absolute Gasteiger partial charge is 0.123 e. The number of hydrogen-bond donors (Lipinski definition) is 0. The number of halogens is 1. The Hall–Kier alpha value is -3.27. The summed E-state index contributed by atoms with van der Waals surface area (Å²) in [6.07, 6.45) is 5.51. The van der Waals surface area contributed by atoms with Gasteiger partial charge in [0, 0.05) is 36.3 Å². The van der Waals surface area contributed by atoms with Crippen molar-refractivity contribution in [3.63, 3.8) is 0 Å². The van der Waals surface area contributed by atoms with Gasteiger partial charge in [0.15, 0.2) is 0 Å². The Balaban J connectivity index is 1.74. The van der Waals surface area contributed by atoms with Crippen molar-refractivity contribution in [3.8, 4) is 22.4 Å². The van der Waals surface area contributed by atoms with Gasteiger partial charge in [0.25, 0.3) is 0 Å². The summed E-state index contributed by atoms with van der Waals surface area (Å²) >= 11 is 0. The maximum Gasteiger partial charge on any atom is 0.123 e. The third kappa shape index (κ3) is 4.27. The zero-order valence-electron chi connectivity index (χ0n) is 16.7. The second-order valence-corrected chi connectivity index (χ2v) is 7.54. The van der Waals surface area contributed by atoms with E-state index < -0.39 is 0 Å². The van der Waals surface area contributed by atoms with Crippen LogP contribution in [-0.2, 0) is 19.9 Å². The molecule has 0 spiro atoms. The van der Waals surface area contributed by atoms with Crippen LogP contribution in [-0.4, -0.2) is 14.8 Å². The highest BCUT2D eigenvalue weighted by atomic mass is 19.1. The van der Waals surface area contributed by atoms with Crippen molar-refractivity contribution in [2.75, 3.05) is 0 Å². The number of aryl methyl sites for hydroxylation is 1. The molecular weight excluding hydrogens is 361 g/mol. The molecule has 2 aromatic carbocycles. The molecule has 4 heteroatoms. The lowest BCUT2D eigenvalue weighted by molar-refractivity contribution is 0.547. The Morgan fingerprint density at radius 1 is 0.862 bits per heavy atom. The van der Waals surface area contributed by atoms with Crippen LogP contribution < -0.4 is 0 Å². The van der Waals surface area contributed by atoms with Gasteiger partial charge in [-0.3, -0.25) is 9.67 Å². The Bertz CT molecular complexity index is 1070. The van der Waals surface area contributed by atoms with E-state index in [-0.39, 0.29) is 5.82 Å². The standard InChI is InChI=1S/C25H24FN3/c1-18(16-19-6-4-3-5-7-19)17-23-24(20-12-14-27-15-13-20)25(28-29(23)2)21-8-10-22(26)11-9-21/h3-15,18H,16-17H2,1-2H3. The van der Waals surface area contributed by atoms with Crippen LogP contribution in [0, 0.1) is 11.7 Å². The van der Waals surface area contributed by atoms with E-state index in [9.17, 15) is 4.39 Å². The number of nitrogens with zero attached hydrogens (tertiary/aromatic N) is 3. The summed E-state index contributed by atoms with van der Waals surface area (Å²) in [6, 6.07) is 21.1. The van der Waals surface area contributed by atoms with E-state index in [1.807, 2.05) is 29.9 Å². The summed E-state index contributed by atoms with van der Waals surface area (Å²) < 4.78 is 15.4. The predicted molar refractivity (Wildman–Crippen MR) is 115 cm³/mol. The minimum Gasteiger partial charge on any atom is -0.271 e. The fourth-order valence-electron chi connectivity index (χ4n) is 3.84. The summed E-state index contributed by atoms with van der Waals surface area (Å²) in [5.74, 6) is 0.210. The van der Waals surface area contributed by atoms with Gasteiger partial charge in [-0.25, -0.2) is 4.39 Å². The third-order valence-corrected chi connectivity index (χ3v) is 5.22. The number of pyridine rings is 1. The van der Waals surface area contributed by atoms with Crippen LogP contribution in [0.5, 0.6) is 0 Å². The molecule has 146 valence electrons. The summed E-state index contributed by atoms with van der Waals surface area (Å²) in [6.45, 7) is 2.27. The van der Waals surface area contributed by atoms with E-state index in [4.69, 9.17) is 5.10 Å². The fourth-order valence-corrected chi connectivity index (χ4v) is 3.84. The first kappa shape index (κ1) is 19.1. The number of benzene rings is 2. The molecule has 4 aromatic rings. The molecule has 0 aliphatic heterocycles. The average Bonchev–Trinajstić information content (AvgIpc) is 3.06. The van der Waals surface area contributed by atoms with Crippen molar-refractivity contribution >= 4 is 0 Å². The molecular formula is C25H24FN3. The van der Waals surface area contributed by atoms with Gasteiger partial charge in [-0.2, -0.15) is 5.10 Å². The van der Waals surface area contributed by atoms with E-state index in [1.54, 1.807) is 24.5 Å². The lowest BCUT2D eigenvalue weighted by Crippen LogP contribution is -2.09. The first-order valence-corrected chi connectivity index (χ1v) is 9.88. The first-order chi connectivity index (χ1) is 14.1. The van der Waals surface area contributed by atoms with E-state index in [2.05, 4.69) is 36.2 Å². The van der Waals surface area contributed by atoms with Crippen molar-refractivity contribution in [2.45, 2.75) is 19.8 Å². The van der Waals surface area contributed by atoms with Crippen LogP contribution in [0.4, 0.5) is 4.39 Å². The summed E-state index contributed by atoms with van der Waals surface area (Å²) in [7, 11) is 1.99. The molecule has 29 heavy (non-hydrogen) atoms. The molecule has 0 fully saturated rings. The highest BCUT2D eigenvalue weighted by Gasteiger charge is 2.21. The van der Waals surface area contributed by atoms with Crippen molar-refractivity contribution in [3.05, 3.63) is 96.2 Å². The first-order valence-electron chi connectivity index (χ1n) is 9.88. The predicted octanol–water partition coefficient (Wildman–Crippen LogP) is 5.71. The molecule has 0 amide bonds. The Morgan fingerprint density at radius 3 is 2.24 bits per heavy atom. The fraction of sp³-hybridized carbons (Fsp3) is 0.200. The summed E-state index contributed by atoms with van der Waals surface area (Å²) in [5, 5.41) is 4.82. The SMILES string of the molecule is CC(Cc1ccccc1)Cc1c(-c2ccncc2)c(-c2ccc(F)cc2)nn1C. The minimum absolute atomic E-state index is 0.244. The maximum absolute atomic E-state index is 13.5. The van der Waals surface area contributed by atoms with E-state index in [0.29, 0.717) is 5.92 Å². The zero-order chi connectivity index (χ0) is 20.2. The minimum atomic E-state index is -0.244. The maximum atomic E-state index is 13.5. The van der Waals surface area contributed by atoms with E-state index in [0.717, 1.165) is 35.2 Å². The van der Waals surface area contributed by atoms with Gasteiger partial charge in [0.2, 0.25) is 0 Å². The van der Waals surface area contributed by atoms with Crippen LogP contribution >= 0.6 is 0 Å². The van der Waals surface area contributed by atoms with Crippen LogP contribution in [0.2, 0.25) is 0 Å². The molecule has 0 saturated carbocycles. The van der Waals surface area contributed by atoms with Crippen LogP contribution in [0.1, 0.15) is 18.2 Å². The summed E-state index contributed by atoms with van der Waals surface area (Å²) in [4.78, 5) is 4.16. The van der Waals surface area contributed by atoms with Gasteiger partial charge < -0.3 is 0 Å². The van der Waals surface area contributed by atoms with Gasteiger partial charge in [0.1, 0.15) is 11.5 Å². The normalized spacial score (nSPS) is 12.1. The molecule has 0 bridgehead atoms. The molecule has 1 unspecified atom stereocenters. The second-order valence-electron chi connectivity index (χ2n) is 7.54. The molecule has 1 atom stereocenters. The largest absolute Gasteiger partial charge is 0.271 e. The molecule has 0 radical (unpaired) electrons. The third-order valence-electron chi connectivity index (χ3n) is 5.22. The number of aromatic nitrogens is 3. The quantitative estimate of drug-likeness (QED) is 0.426. The lowest BCUT2D eigenvalue weighted by atomic mass is 9.92. The molecule has 4 rings (SSSR count). The summed E-state index contributed by atoms with van der Waals surface area (Å²) in [5.41, 5.74) is 6.48. The molecule has 0 saturated heterocycles. The average molecular weight is 385 g/mol. The highest BCUT2D eigenvalue weighted by molar-refractivity contribution is 5.82. The Morgan fingerprint density at radius 2 is 1.55 bits per heavy atom. The van der Waals surface area contributed by atoms with Gasteiger partial charge in [-0.15, -0.1) is 0 Å². The van der Waals surface area contributed by atoms with E-state index >= 15 is 0 Å². The number of hydrogen-bond acceptors (Lipinski definition) is 2. The molecule has 0 aliphatic rings. The zero-order valence-corrected chi connectivity index (χ0v) is 16.7. The lowest BCUT2D eigenvalue weighted by Gasteiger charge is -2.14. The highest BCUT2D eigenvalue weighted by Crippen LogP contribution is 2.35. The second kappa shape index (κ2) is 8.39. The topological polar surface area (TPSA) is 30.7 Å². The van der Waals surface area contributed by atoms with Gasteiger partial charge >= 0.3 is 0 Å². The van der Waals surface area contributed by atoms with Crippen LogP contribution in [0.25, 0.3) is 22.4 Å². The van der Waals surface area contributed by atoms with Gasteiger partial charge in [0.05, 0.1) is 0 Å². The molecule has 0 aliphatic carbocycles. The van der Waals surface area contributed by atoms with Gasteiger partial charge in [-0.05, 0) is 66.3 Å².